The number of ether oxygens (including phenoxy) is 1. The Labute approximate surface area is 234 Å². The van der Waals surface area contributed by atoms with Gasteiger partial charge in [0.1, 0.15) is 11.5 Å². The van der Waals surface area contributed by atoms with Gasteiger partial charge in [-0.15, -0.1) is 0 Å². The molecule has 0 fully saturated rings. The summed E-state index contributed by atoms with van der Waals surface area (Å²) in [5, 5.41) is 2.19. The normalized spacial score (nSPS) is 26.2. The molecule has 2 aromatic carbocycles. The number of benzene rings is 2. The van der Waals surface area contributed by atoms with Gasteiger partial charge in [-0.1, -0.05) is 54.6 Å². The number of nitrogens with one attached hydrogen (secondary N) is 1. The van der Waals surface area contributed by atoms with E-state index in [0.29, 0.717) is 10.5 Å². The van der Waals surface area contributed by atoms with Crippen LogP contribution < -0.4 is 14.6 Å². The highest BCUT2D eigenvalue weighted by Crippen LogP contribution is 2.63. The molecule has 2 aliphatic heterocycles. The van der Waals surface area contributed by atoms with Crippen molar-refractivity contribution < 1.29 is 38.0 Å². The summed E-state index contributed by atoms with van der Waals surface area (Å²) in [4.78, 5) is 60.1. The number of fused-ring (bicyclic) bond motifs is 3. The molecule has 3 N–H and O–H groups in total. The number of ketones is 1. The predicted octanol–water partition coefficient (Wildman–Crippen LogP) is 4.89. The maximum Gasteiger partial charge on any atom is 0.524 e. The van der Waals surface area contributed by atoms with Crippen LogP contribution in [-0.4, -0.2) is 33.0 Å². The summed E-state index contributed by atoms with van der Waals surface area (Å²) < 4.78 is 23.5. The molecule has 2 aromatic rings. The van der Waals surface area contributed by atoms with Gasteiger partial charge in [-0.2, -0.15) is 0 Å². The first-order chi connectivity index (χ1) is 18.7. The fourth-order valence-corrected chi connectivity index (χ4v) is 7.73. The van der Waals surface area contributed by atoms with Crippen LogP contribution >= 0.6 is 19.6 Å². The summed E-state index contributed by atoms with van der Waals surface area (Å²) in [6, 6.07) is 10.9. The fraction of sp³-hybridized carbons (Fsp3) is 0.276. The molecule has 0 bridgehead atoms. The molecule has 206 valence electrons. The molecule has 0 aromatic heterocycles. The summed E-state index contributed by atoms with van der Waals surface area (Å²) in [6.07, 6.45) is 5.97. The number of allylic oxidation sites excluding steroid dienone is 3. The fourth-order valence-electron chi connectivity index (χ4n) is 6.21. The maximum absolute atomic E-state index is 13.9. The molecule has 6 rings (SSSR count). The van der Waals surface area contributed by atoms with Crippen LogP contribution in [0.25, 0.3) is 0 Å². The summed E-state index contributed by atoms with van der Waals surface area (Å²) in [7, 11) is -5.05. The Morgan fingerprint density at radius 2 is 1.70 bits per heavy atom. The second-order valence-electron chi connectivity index (χ2n) is 11.1. The second-order valence-corrected chi connectivity index (χ2v) is 13.4. The minimum Gasteiger partial charge on any atom is -0.477 e. The number of amides is 2. The molecule has 11 heteroatoms. The highest BCUT2D eigenvalue weighted by molar-refractivity contribution is 8.04. The average molecular weight is 580 g/mol. The van der Waals surface area contributed by atoms with Crippen molar-refractivity contribution >= 4 is 37.2 Å². The van der Waals surface area contributed by atoms with Crippen LogP contribution in [0.3, 0.4) is 0 Å². The first-order valence-electron chi connectivity index (χ1n) is 12.6. The number of carbonyl (C=O) groups excluding carboxylic acids is 3. The first-order valence-corrected chi connectivity index (χ1v) is 14.9. The lowest BCUT2D eigenvalue weighted by molar-refractivity contribution is -0.124. The van der Waals surface area contributed by atoms with Gasteiger partial charge in [-0.3, -0.25) is 29.5 Å². The molecule has 4 aliphatic rings. The summed E-state index contributed by atoms with van der Waals surface area (Å²) >= 11 is 1.34. The van der Waals surface area contributed by atoms with E-state index in [0.717, 1.165) is 16.0 Å². The Hall–Kier alpha value is -3.43. The standard InChI is InChI=1S/C29H26NO8PS/c1-15-10-11-20-27(2,3)24(31)19(40-17-8-6-5-7-9-17)14-29(20)28(15,4)13-16-12-18(38-39(34,35)36)21-22(23(16)37-29)26(33)30-25(21)32/h5-12,14H,13H2,1-4H3,(H,30,32,33)(H2,34,35,36). The quantitative estimate of drug-likeness (QED) is 0.341. The highest BCUT2D eigenvalue weighted by atomic mass is 32.2. The Kier molecular flexibility index (Phi) is 5.71. The third-order valence-corrected chi connectivity index (χ3v) is 9.85. The number of carbonyl (C=O) groups is 3. The van der Waals surface area contributed by atoms with Crippen molar-refractivity contribution in [3.05, 3.63) is 87.4 Å². The lowest BCUT2D eigenvalue weighted by atomic mass is 9.52. The van der Waals surface area contributed by atoms with Crippen molar-refractivity contribution in [1.82, 2.24) is 5.32 Å². The molecule has 2 aliphatic carbocycles. The van der Waals surface area contributed by atoms with Crippen LogP contribution in [0.1, 0.15) is 54.0 Å². The smallest absolute Gasteiger partial charge is 0.477 e. The zero-order chi connectivity index (χ0) is 28.8. The largest absolute Gasteiger partial charge is 0.524 e. The molecule has 2 unspecified atom stereocenters. The molecule has 40 heavy (non-hydrogen) atoms. The summed E-state index contributed by atoms with van der Waals surface area (Å²) in [5.41, 5.74) is -1.25. The van der Waals surface area contributed by atoms with Crippen molar-refractivity contribution in [2.24, 2.45) is 10.8 Å². The monoisotopic (exact) mass is 579 g/mol. The Morgan fingerprint density at radius 3 is 2.38 bits per heavy atom. The van der Waals surface area contributed by atoms with Crippen LogP contribution in [0, 0.1) is 10.8 Å². The minimum absolute atomic E-state index is 0.0635. The van der Waals surface area contributed by atoms with Gasteiger partial charge in [0.2, 0.25) is 0 Å². The first kappa shape index (κ1) is 26.8. The maximum atomic E-state index is 13.9. The van der Waals surface area contributed by atoms with Crippen LogP contribution in [-0.2, 0) is 15.8 Å². The van der Waals surface area contributed by atoms with Gasteiger partial charge in [0.05, 0.1) is 21.4 Å². The van der Waals surface area contributed by atoms with E-state index >= 15 is 0 Å². The van der Waals surface area contributed by atoms with Gasteiger partial charge in [0.15, 0.2) is 11.4 Å². The van der Waals surface area contributed by atoms with E-state index in [2.05, 4.69) is 5.32 Å². The molecule has 0 saturated heterocycles. The van der Waals surface area contributed by atoms with Crippen LogP contribution in [0.5, 0.6) is 11.5 Å². The van der Waals surface area contributed by atoms with Gasteiger partial charge in [0.25, 0.3) is 11.8 Å². The summed E-state index contributed by atoms with van der Waals surface area (Å²) in [5.74, 6) is -1.93. The van der Waals surface area contributed by atoms with Gasteiger partial charge >= 0.3 is 7.82 Å². The number of hydrogen-bond acceptors (Lipinski definition) is 7. The molecular weight excluding hydrogens is 553 g/mol. The molecule has 9 nitrogen and oxygen atoms in total. The number of phosphoric acid groups is 1. The topological polar surface area (TPSA) is 139 Å². The van der Waals surface area contributed by atoms with Crippen molar-refractivity contribution in [2.45, 2.75) is 44.6 Å². The average Bonchev–Trinajstić information content (AvgIpc) is 3.16. The van der Waals surface area contributed by atoms with E-state index in [9.17, 15) is 28.7 Å². The number of hydrogen-bond donors (Lipinski definition) is 3. The van der Waals surface area contributed by atoms with E-state index < -0.39 is 41.8 Å². The Bertz CT molecular complexity index is 1690. The molecule has 2 heterocycles. The Morgan fingerprint density at radius 1 is 1.02 bits per heavy atom. The Balaban J connectivity index is 1.62. The van der Waals surface area contributed by atoms with Crippen molar-refractivity contribution in [2.75, 3.05) is 0 Å². The van der Waals surface area contributed by atoms with Gasteiger partial charge in [0, 0.05) is 10.3 Å². The number of rotatable bonds is 4. The van der Waals surface area contributed by atoms with Crippen molar-refractivity contribution in [3.8, 4) is 11.5 Å². The van der Waals surface area contributed by atoms with Crippen LogP contribution in [0.2, 0.25) is 0 Å². The molecule has 0 saturated carbocycles. The van der Waals surface area contributed by atoms with Gasteiger partial charge in [-0.25, -0.2) is 4.57 Å². The zero-order valence-electron chi connectivity index (χ0n) is 22.1. The molecular formula is C29H26NO8PS. The highest BCUT2D eigenvalue weighted by Gasteiger charge is 2.63. The number of imide groups is 1. The van der Waals surface area contributed by atoms with E-state index in [4.69, 9.17) is 9.26 Å². The van der Waals surface area contributed by atoms with Crippen LogP contribution in [0.4, 0.5) is 0 Å². The molecule has 1 spiro atoms. The second kappa shape index (κ2) is 8.54. The zero-order valence-corrected chi connectivity index (χ0v) is 23.8. The molecule has 0 radical (unpaired) electrons. The van der Waals surface area contributed by atoms with Gasteiger partial charge in [-0.05, 0) is 62.6 Å². The number of phosphoric ester groups is 1. The van der Waals surface area contributed by atoms with E-state index in [1.165, 1.54) is 17.8 Å². The van der Waals surface area contributed by atoms with E-state index in [1.807, 2.05) is 76.3 Å². The lowest BCUT2D eigenvalue weighted by Gasteiger charge is -2.58. The minimum atomic E-state index is -5.05. The van der Waals surface area contributed by atoms with Gasteiger partial charge < -0.3 is 9.26 Å². The van der Waals surface area contributed by atoms with Crippen molar-refractivity contribution in [3.63, 3.8) is 0 Å². The van der Waals surface area contributed by atoms with E-state index in [1.54, 1.807) is 0 Å². The third-order valence-electron chi connectivity index (χ3n) is 8.39. The molecule has 2 amide bonds. The molecule has 2 atom stereocenters. The van der Waals surface area contributed by atoms with E-state index in [-0.39, 0.29) is 29.1 Å². The lowest BCUT2D eigenvalue weighted by Crippen LogP contribution is -2.62. The predicted molar refractivity (Wildman–Crippen MR) is 147 cm³/mol. The third kappa shape index (κ3) is 3.70. The van der Waals surface area contributed by atoms with Crippen LogP contribution in [0.15, 0.2) is 75.6 Å². The summed E-state index contributed by atoms with van der Waals surface area (Å²) in [6.45, 7) is 7.67. The number of Topliss-reactive ketones (excluding diaryl/α,β-unsaturated/α-hetero) is 1. The van der Waals surface area contributed by atoms with Crippen molar-refractivity contribution in [1.29, 1.82) is 0 Å². The number of thioether (sulfide) groups is 1. The SMILES string of the molecule is CC1=CC=C2C(C)(C)C(=O)C(Sc3ccccc3)=CC23Oc2c(cc(OP(=O)(O)O)c4c2C(=O)NC4=O)CC13C.